The molecular formula is C15H31N3. The van der Waals surface area contributed by atoms with Crippen molar-refractivity contribution in [2.75, 3.05) is 39.8 Å². The van der Waals surface area contributed by atoms with Crippen molar-refractivity contribution in [3.63, 3.8) is 0 Å². The summed E-state index contributed by atoms with van der Waals surface area (Å²) in [5.41, 5.74) is 0. The monoisotopic (exact) mass is 253 g/mol. The molecule has 0 amide bonds. The lowest BCUT2D eigenvalue weighted by molar-refractivity contribution is 0.140. The van der Waals surface area contributed by atoms with Crippen LogP contribution in [0.3, 0.4) is 0 Å². The van der Waals surface area contributed by atoms with Gasteiger partial charge in [-0.2, -0.15) is 0 Å². The van der Waals surface area contributed by atoms with Crippen molar-refractivity contribution < 1.29 is 0 Å². The Morgan fingerprint density at radius 1 is 1.11 bits per heavy atom. The zero-order valence-corrected chi connectivity index (χ0v) is 12.5. The first-order chi connectivity index (χ1) is 8.69. The van der Waals surface area contributed by atoms with Crippen molar-refractivity contribution >= 4 is 0 Å². The lowest BCUT2D eigenvalue weighted by Crippen LogP contribution is -2.52. The number of likely N-dealkylation sites (tertiary alicyclic amines) is 2. The molecule has 3 heteroatoms. The Kier molecular flexibility index (Phi) is 5.46. The Morgan fingerprint density at radius 3 is 2.44 bits per heavy atom. The smallest absolute Gasteiger partial charge is 0.0120 e. The fourth-order valence-corrected chi connectivity index (χ4v) is 3.54. The number of nitrogens with zero attached hydrogens (tertiary/aromatic N) is 2. The third kappa shape index (κ3) is 3.94. The van der Waals surface area contributed by atoms with Crippen LogP contribution in [0.2, 0.25) is 0 Å². The Balaban J connectivity index is 1.71. The van der Waals surface area contributed by atoms with E-state index in [-0.39, 0.29) is 0 Å². The van der Waals surface area contributed by atoms with Gasteiger partial charge in [-0.1, -0.05) is 13.8 Å². The van der Waals surface area contributed by atoms with Crippen LogP contribution in [-0.4, -0.2) is 61.7 Å². The molecule has 0 bridgehead atoms. The number of nitrogens with one attached hydrogen (secondary N) is 1. The lowest BCUT2D eigenvalue weighted by Gasteiger charge is -2.40. The third-order valence-corrected chi connectivity index (χ3v) is 4.69. The summed E-state index contributed by atoms with van der Waals surface area (Å²) in [6, 6.07) is 1.53. The summed E-state index contributed by atoms with van der Waals surface area (Å²) in [7, 11) is 2.25. The fraction of sp³-hybridized carbons (Fsp3) is 1.00. The van der Waals surface area contributed by atoms with Crippen LogP contribution in [0.5, 0.6) is 0 Å². The maximum Gasteiger partial charge on any atom is 0.0120 e. The molecule has 0 spiro atoms. The van der Waals surface area contributed by atoms with E-state index >= 15 is 0 Å². The molecule has 2 heterocycles. The highest BCUT2D eigenvalue weighted by Gasteiger charge is 2.27. The predicted octanol–water partition coefficient (Wildman–Crippen LogP) is 1.79. The summed E-state index contributed by atoms with van der Waals surface area (Å²) in [6.45, 7) is 11.1. The molecule has 2 aliphatic heterocycles. The number of hydrogen-bond acceptors (Lipinski definition) is 3. The summed E-state index contributed by atoms with van der Waals surface area (Å²) < 4.78 is 0. The zero-order valence-electron chi connectivity index (χ0n) is 12.5. The molecule has 0 aromatic rings. The van der Waals surface area contributed by atoms with E-state index < -0.39 is 0 Å². The van der Waals surface area contributed by atoms with Gasteiger partial charge < -0.3 is 15.1 Å². The molecule has 2 rings (SSSR count). The van der Waals surface area contributed by atoms with Gasteiger partial charge in [-0.05, 0) is 64.8 Å². The first kappa shape index (κ1) is 14.3. The number of hydrogen-bond donors (Lipinski definition) is 1. The molecular weight excluding hydrogens is 222 g/mol. The molecule has 0 radical (unpaired) electrons. The van der Waals surface area contributed by atoms with Gasteiger partial charge in [-0.25, -0.2) is 0 Å². The maximum atomic E-state index is 3.94. The molecule has 2 atom stereocenters. The second-order valence-corrected chi connectivity index (χ2v) is 6.42. The summed E-state index contributed by atoms with van der Waals surface area (Å²) >= 11 is 0. The summed E-state index contributed by atoms with van der Waals surface area (Å²) in [4.78, 5) is 5.09. The maximum absolute atomic E-state index is 3.94. The van der Waals surface area contributed by atoms with Gasteiger partial charge in [-0.3, -0.25) is 0 Å². The summed E-state index contributed by atoms with van der Waals surface area (Å²) in [5.74, 6) is 0.803. The van der Waals surface area contributed by atoms with Crippen LogP contribution in [-0.2, 0) is 0 Å². The quantitative estimate of drug-likeness (QED) is 0.824. The van der Waals surface area contributed by atoms with Crippen LogP contribution < -0.4 is 5.32 Å². The Bertz CT molecular complexity index is 236. The largest absolute Gasteiger partial charge is 0.311 e. The minimum absolute atomic E-state index is 0.754. The highest BCUT2D eigenvalue weighted by atomic mass is 15.2. The highest BCUT2D eigenvalue weighted by molar-refractivity contribution is 4.86. The molecule has 2 aliphatic rings. The Hall–Kier alpha value is -0.120. The van der Waals surface area contributed by atoms with E-state index in [0.29, 0.717) is 0 Å². The van der Waals surface area contributed by atoms with Crippen LogP contribution in [0, 0.1) is 5.92 Å². The van der Waals surface area contributed by atoms with Gasteiger partial charge in [0, 0.05) is 18.6 Å². The number of piperidine rings is 2. The van der Waals surface area contributed by atoms with Crippen molar-refractivity contribution in [3.05, 3.63) is 0 Å². The van der Waals surface area contributed by atoms with Gasteiger partial charge in [-0.15, -0.1) is 0 Å². The average molecular weight is 253 g/mol. The average Bonchev–Trinajstić information content (AvgIpc) is 2.35. The molecule has 1 N–H and O–H groups in total. The van der Waals surface area contributed by atoms with Crippen LogP contribution in [0.15, 0.2) is 0 Å². The van der Waals surface area contributed by atoms with Gasteiger partial charge in [0.05, 0.1) is 0 Å². The fourth-order valence-electron chi connectivity index (χ4n) is 3.54. The standard InChI is InChI=1S/C15H31N3/c1-4-8-18-10-5-14(6-11-18)16-15-7-9-17(3)12-13(15)2/h13-16H,4-12H2,1-3H3. The van der Waals surface area contributed by atoms with E-state index in [9.17, 15) is 0 Å². The first-order valence-corrected chi connectivity index (χ1v) is 7.86. The van der Waals surface area contributed by atoms with Crippen molar-refractivity contribution in [2.24, 2.45) is 5.92 Å². The van der Waals surface area contributed by atoms with E-state index in [2.05, 4.69) is 36.0 Å². The number of rotatable bonds is 4. The normalized spacial score (nSPS) is 32.8. The van der Waals surface area contributed by atoms with Crippen LogP contribution in [0.1, 0.15) is 39.5 Å². The van der Waals surface area contributed by atoms with E-state index in [1.54, 1.807) is 0 Å². The van der Waals surface area contributed by atoms with Gasteiger partial charge in [0.1, 0.15) is 0 Å². The zero-order chi connectivity index (χ0) is 13.0. The molecule has 18 heavy (non-hydrogen) atoms. The lowest BCUT2D eigenvalue weighted by atomic mass is 9.92. The summed E-state index contributed by atoms with van der Waals surface area (Å²) in [6.07, 6.45) is 5.31. The third-order valence-electron chi connectivity index (χ3n) is 4.69. The van der Waals surface area contributed by atoms with Gasteiger partial charge >= 0.3 is 0 Å². The molecule has 0 aromatic carbocycles. The first-order valence-electron chi connectivity index (χ1n) is 7.86. The second kappa shape index (κ2) is 6.88. The van der Waals surface area contributed by atoms with Gasteiger partial charge in [0.25, 0.3) is 0 Å². The van der Waals surface area contributed by atoms with Gasteiger partial charge in [0.2, 0.25) is 0 Å². The topological polar surface area (TPSA) is 18.5 Å². The SMILES string of the molecule is CCCN1CCC(NC2CCN(C)CC2C)CC1. The Labute approximate surface area is 113 Å². The van der Waals surface area contributed by atoms with Crippen molar-refractivity contribution in [3.8, 4) is 0 Å². The van der Waals surface area contributed by atoms with Crippen LogP contribution in [0.25, 0.3) is 0 Å². The van der Waals surface area contributed by atoms with Crippen molar-refractivity contribution in [2.45, 2.75) is 51.6 Å². The molecule has 2 unspecified atom stereocenters. The minimum atomic E-state index is 0.754. The molecule has 2 saturated heterocycles. The second-order valence-electron chi connectivity index (χ2n) is 6.42. The van der Waals surface area contributed by atoms with E-state index in [1.807, 2.05) is 0 Å². The predicted molar refractivity (Wildman–Crippen MR) is 78.0 cm³/mol. The van der Waals surface area contributed by atoms with Crippen molar-refractivity contribution in [1.82, 2.24) is 15.1 Å². The minimum Gasteiger partial charge on any atom is -0.311 e. The highest BCUT2D eigenvalue weighted by Crippen LogP contribution is 2.19. The van der Waals surface area contributed by atoms with E-state index in [1.165, 1.54) is 58.4 Å². The molecule has 2 fully saturated rings. The van der Waals surface area contributed by atoms with Gasteiger partial charge in [0.15, 0.2) is 0 Å². The van der Waals surface area contributed by atoms with Crippen molar-refractivity contribution in [1.29, 1.82) is 0 Å². The van der Waals surface area contributed by atoms with Crippen LogP contribution >= 0.6 is 0 Å². The molecule has 106 valence electrons. The molecule has 0 aromatic heterocycles. The Morgan fingerprint density at radius 2 is 1.83 bits per heavy atom. The van der Waals surface area contributed by atoms with E-state index in [4.69, 9.17) is 0 Å². The summed E-state index contributed by atoms with van der Waals surface area (Å²) in [5, 5.41) is 3.94. The van der Waals surface area contributed by atoms with E-state index in [0.717, 1.165) is 18.0 Å². The van der Waals surface area contributed by atoms with Crippen LogP contribution in [0.4, 0.5) is 0 Å². The molecule has 0 saturated carbocycles. The molecule has 3 nitrogen and oxygen atoms in total. The molecule has 0 aliphatic carbocycles.